The van der Waals surface area contributed by atoms with Gasteiger partial charge >= 0.3 is 0 Å². The molecule has 1 aliphatic rings. The Morgan fingerprint density at radius 1 is 1.40 bits per heavy atom. The highest BCUT2D eigenvalue weighted by Crippen LogP contribution is 2.24. The molecule has 1 aliphatic heterocycles. The second-order valence-electron chi connectivity index (χ2n) is 8.04. The topological polar surface area (TPSA) is 32.3 Å². The minimum atomic E-state index is -0.878. The molecule has 0 aromatic heterocycles. The maximum absolute atomic E-state index is 14.5. The number of alkyl halides is 1. The van der Waals surface area contributed by atoms with Crippen LogP contribution in [0.2, 0.25) is 0 Å². The summed E-state index contributed by atoms with van der Waals surface area (Å²) in [5.74, 6) is -0.234. The summed E-state index contributed by atoms with van der Waals surface area (Å²) in [4.78, 5) is 14.5. The predicted molar refractivity (Wildman–Crippen MR) is 113 cm³/mol. The Kier molecular flexibility index (Phi) is 7.70. The third kappa shape index (κ3) is 7.13. The molecule has 0 bridgehead atoms. The number of likely N-dealkylation sites (tertiary alicyclic amines) is 1. The second-order valence-corrected chi connectivity index (χ2v) is 10.2. The van der Waals surface area contributed by atoms with Crippen LogP contribution in [0.3, 0.4) is 0 Å². The lowest BCUT2D eigenvalue weighted by molar-refractivity contribution is 0.0724. The highest BCUT2D eigenvalue weighted by Gasteiger charge is 2.29. The molecule has 1 aromatic rings. The quantitative estimate of drug-likeness (QED) is 0.557. The summed E-state index contributed by atoms with van der Waals surface area (Å²) in [5, 5.41) is 2.90. The predicted octanol–water partition coefficient (Wildman–Crippen LogP) is 4.88. The monoisotopic (exact) mass is 524 g/mol. The maximum Gasteiger partial charge on any atom is 0.251 e. The zero-order valence-corrected chi connectivity index (χ0v) is 18.9. The smallest absolute Gasteiger partial charge is 0.251 e. The van der Waals surface area contributed by atoms with E-state index in [0.29, 0.717) is 18.7 Å². The standard InChI is InChI=1S/C19H27BrFIN2O/c1-19(2,3)5-7-24-6-4-13(17(21)12-24)11-23-18(25)14-8-15(20)10-16(22)9-14/h8-10,13,17H,4-7,11-12H2,1-3H3,(H,23,25)/t13-,17-/m0/s1. The molecule has 0 spiro atoms. The van der Waals surface area contributed by atoms with E-state index in [-0.39, 0.29) is 17.2 Å². The van der Waals surface area contributed by atoms with Crippen LogP contribution in [0.4, 0.5) is 4.39 Å². The number of carbonyl (C=O) groups is 1. The number of carbonyl (C=O) groups excluding carboxylic acids is 1. The second kappa shape index (κ2) is 9.13. The van der Waals surface area contributed by atoms with Gasteiger partial charge < -0.3 is 10.2 Å². The molecule has 140 valence electrons. The number of piperidine rings is 1. The van der Waals surface area contributed by atoms with Gasteiger partial charge in [0, 0.05) is 32.6 Å². The Labute approximate surface area is 172 Å². The van der Waals surface area contributed by atoms with Gasteiger partial charge in [-0.2, -0.15) is 0 Å². The van der Waals surface area contributed by atoms with E-state index in [1.165, 1.54) is 0 Å². The number of rotatable bonds is 5. The Bertz CT molecular complexity index is 585. The molecule has 0 saturated carbocycles. The van der Waals surface area contributed by atoms with Crippen molar-refractivity contribution in [3.05, 3.63) is 31.8 Å². The average Bonchev–Trinajstić information content (AvgIpc) is 2.50. The van der Waals surface area contributed by atoms with E-state index in [2.05, 4.69) is 69.5 Å². The van der Waals surface area contributed by atoms with Gasteiger partial charge in [-0.25, -0.2) is 4.39 Å². The number of hydrogen-bond donors (Lipinski definition) is 1. The van der Waals surface area contributed by atoms with Crippen molar-refractivity contribution in [3.8, 4) is 0 Å². The van der Waals surface area contributed by atoms with Gasteiger partial charge in [-0.05, 0) is 72.1 Å². The molecular formula is C19H27BrFIN2O. The van der Waals surface area contributed by atoms with Crippen LogP contribution in [0.25, 0.3) is 0 Å². The van der Waals surface area contributed by atoms with Gasteiger partial charge in [0.05, 0.1) is 0 Å². The molecule has 1 N–H and O–H groups in total. The summed E-state index contributed by atoms with van der Waals surface area (Å²) in [6, 6.07) is 5.57. The van der Waals surface area contributed by atoms with E-state index < -0.39 is 6.17 Å². The van der Waals surface area contributed by atoms with Crippen molar-refractivity contribution >= 4 is 44.4 Å². The third-order valence-corrected chi connectivity index (χ3v) is 5.67. The van der Waals surface area contributed by atoms with Crippen molar-refractivity contribution < 1.29 is 9.18 Å². The minimum Gasteiger partial charge on any atom is -0.352 e. The van der Waals surface area contributed by atoms with Gasteiger partial charge in [0.25, 0.3) is 5.91 Å². The first kappa shape index (κ1) is 21.1. The number of hydrogen-bond acceptors (Lipinski definition) is 2. The lowest BCUT2D eigenvalue weighted by atomic mass is 9.90. The molecule has 25 heavy (non-hydrogen) atoms. The van der Waals surface area contributed by atoms with Gasteiger partial charge in [0.1, 0.15) is 6.17 Å². The maximum atomic E-state index is 14.5. The van der Waals surface area contributed by atoms with Crippen molar-refractivity contribution in [2.75, 3.05) is 26.2 Å². The Balaban J connectivity index is 1.81. The molecule has 1 heterocycles. The normalized spacial score (nSPS) is 22.0. The molecule has 1 amide bonds. The van der Waals surface area contributed by atoms with Gasteiger partial charge in [-0.1, -0.05) is 36.7 Å². The van der Waals surface area contributed by atoms with Crippen molar-refractivity contribution in [2.45, 2.75) is 39.8 Å². The number of nitrogens with zero attached hydrogens (tertiary/aromatic N) is 1. The zero-order chi connectivity index (χ0) is 18.6. The fourth-order valence-corrected chi connectivity index (χ4v) is 4.55. The molecule has 3 nitrogen and oxygen atoms in total. The number of halogens is 3. The molecule has 0 radical (unpaired) electrons. The first-order valence-corrected chi connectivity index (χ1v) is 10.6. The Hall–Kier alpha value is -0.210. The van der Waals surface area contributed by atoms with Crippen molar-refractivity contribution in [2.24, 2.45) is 11.3 Å². The van der Waals surface area contributed by atoms with Crippen molar-refractivity contribution in [3.63, 3.8) is 0 Å². The van der Waals surface area contributed by atoms with E-state index in [1.54, 1.807) is 6.07 Å². The number of amides is 1. The van der Waals surface area contributed by atoms with Crippen LogP contribution >= 0.6 is 38.5 Å². The molecule has 6 heteroatoms. The molecule has 1 saturated heterocycles. The average molecular weight is 525 g/mol. The fraction of sp³-hybridized carbons (Fsp3) is 0.632. The molecule has 1 fully saturated rings. The molecule has 1 aromatic carbocycles. The highest BCUT2D eigenvalue weighted by molar-refractivity contribution is 14.1. The van der Waals surface area contributed by atoms with E-state index in [1.807, 2.05) is 12.1 Å². The summed E-state index contributed by atoms with van der Waals surface area (Å²) in [6.45, 7) is 9.37. The van der Waals surface area contributed by atoms with Gasteiger partial charge in [0.2, 0.25) is 0 Å². The first-order valence-electron chi connectivity index (χ1n) is 8.75. The van der Waals surface area contributed by atoms with Crippen LogP contribution in [-0.4, -0.2) is 43.2 Å². The van der Waals surface area contributed by atoms with Gasteiger partial charge in [0.15, 0.2) is 0 Å². The van der Waals surface area contributed by atoms with Crippen LogP contribution in [0, 0.1) is 14.9 Å². The Morgan fingerprint density at radius 2 is 2.12 bits per heavy atom. The third-order valence-electron chi connectivity index (χ3n) is 4.59. The Morgan fingerprint density at radius 3 is 2.72 bits per heavy atom. The first-order chi connectivity index (χ1) is 11.6. The van der Waals surface area contributed by atoms with Gasteiger partial charge in [-0.15, -0.1) is 0 Å². The van der Waals surface area contributed by atoms with Crippen LogP contribution in [-0.2, 0) is 0 Å². The molecule has 0 aliphatic carbocycles. The SMILES string of the molecule is CC(C)(C)CCN1CC[C@@H](CNC(=O)c2cc(Br)cc(I)c2)[C@@H](F)C1. The van der Waals surface area contributed by atoms with Gasteiger partial charge in [-0.3, -0.25) is 4.79 Å². The van der Waals surface area contributed by atoms with Crippen LogP contribution in [0.1, 0.15) is 44.0 Å². The van der Waals surface area contributed by atoms with Crippen molar-refractivity contribution in [1.29, 1.82) is 0 Å². The lowest BCUT2D eigenvalue weighted by Crippen LogP contribution is -2.46. The van der Waals surface area contributed by atoms with Crippen LogP contribution in [0.5, 0.6) is 0 Å². The van der Waals surface area contributed by atoms with Crippen molar-refractivity contribution in [1.82, 2.24) is 10.2 Å². The number of nitrogens with one attached hydrogen (secondary N) is 1. The van der Waals surface area contributed by atoms with Crippen LogP contribution in [0.15, 0.2) is 22.7 Å². The summed E-state index contributed by atoms with van der Waals surface area (Å²) >= 11 is 5.58. The highest BCUT2D eigenvalue weighted by atomic mass is 127. The largest absolute Gasteiger partial charge is 0.352 e. The molecular weight excluding hydrogens is 498 g/mol. The lowest BCUT2D eigenvalue weighted by Gasteiger charge is -2.36. The minimum absolute atomic E-state index is 0.0962. The molecule has 0 unspecified atom stereocenters. The molecule has 2 atom stereocenters. The van der Waals surface area contributed by atoms with E-state index in [0.717, 1.165) is 34.0 Å². The van der Waals surface area contributed by atoms with Crippen LogP contribution < -0.4 is 5.32 Å². The summed E-state index contributed by atoms with van der Waals surface area (Å²) in [5.41, 5.74) is 0.884. The van der Waals surface area contributed by atoms with E-state index >= 15 is 0 Å². The molecule has 2 rings (SSSR count). The summed E-state index contributed by atoms with van der Waals surface area (Å²) in [6.07, 6.45) is 0.987. The summed E-state index contributed by atoms with van der Waals surface area (Å²) < 4.78 is 16.4. The summed E-state index contributed by atoms with van der Waals surface area (Å²) in [7, 11) is 0. The van der Waals surface area contributed by atoms with E-state index in [4.69, 9.17) is 0 Å². The zero-order valence-electron chi connectivity index (χ0n) is 15.1. The fourth-order valence-electron chi connectivity index (χ4n) is 2.95. The number of benzene rings is 1. The van der Waals surface area contributed by atoms with E-state index in [9.17, 15) is 9.18 Å².